The van der Waals surface area contributed by atoms with Crippen molar-refractivity contribution in [3.63, 3.8) is 0 Å². The molecule has 21 heteroatoms. The zero-order chi connectivity index (χ0) is 36.3. The van der Waals surface area contributed by atoms with Crippen LogP contribution in [0.2, 0.25) is 0 Å². The Bertz CT molecular complexity index is 1130. The third-order valence-electron chi connectivity index (χ3n) is 6.53. The molecule has 0 saturated carbocycles. The number of thiol groups is 2. The molecule has 0 aromatic carbocycles. The van der Waals surface area contributed by atoms with Gasteiger partial charge in [0.25, 0.3) is 0 Å². The highest BCUT2D eigenvalue weighted by molar-refractivity contribution is 7.80. The number of carboxylic acids is 2. The first-order chi connectivity index (χ1) is 21.9. The van der Waals surface area contributed by atoms with E-state index in [9.17, 15) is 43.8 Å². The minimum absolute atomic E-state index is 0.0125. The Morgan fingerprint density at radius 1 is 0.766 bits per heavy atom. The lowest BCUT2D eigenvalue weighted by molar-refractivity contribution is -0.143. The molecule has 15 N–H and O–H groups in total. The van der Waals surface area contributed by atoms with E-state index in [1.807, 2.05) is 0 Å². The maximum absolute atomic E-state index is 13.5. The smallest absolute Gasteiger partial charge is 0.327 e. The number of nitrogens with one attached hydrogen (secondary N) is 7. The minimum Gasteiger partial charge on any atom is -0.481 e. The molecule has 0 aromatic heterocycles. The maximum Gasteiger partial charge on any atom is 0.327 e. The zero-order valence-corrected chi connectivity index (χ0v) is 28.1. The minimum atomic E-state index is -1.79. The molecular formula is C26H48N10O9S2. The fourth-order valence-corrected chi connectivity index (χ4v) is 4.24. The number of rotatable bonds is 23. The van der Waals surface area contributed by atoms with E-state index < -0.39 is 83.6 Å². The van der Waals surface area contributed by atoms with Crippen LogP contribution in [0.25, 0.3) is 0 Å². The fraction of sp³-hybridized carbons (Fsp3) is 0.692. The molecule has 0 aliphatic rings. The molecule has 0 spiro atoms. The van der Waals surface area contributed by atoms with Crippen molar-refractivity contribution < 1.29 is 43.8 Å². The van der Waals surface area contributed by atoms with Gasteiger partial charge in [0, 0.05) is 18.1 Å². The van der Waals surface area contributed by atoms with Crippen LogP contribution in [-0.2, 0) is 33.6 Å². The number of hydrogen-bond donors (Lipinski definition) is 14. The first-order valence-corrected chi connectivity index (χ1v) is 15.9. The van der Waals surface area contributed by atoms with Crippen molar-refractivity contribution in [3.05, 3.63) is 0 Å². The van der Waals surface area contributed by atoms with E-state index in [0.717, 1.165) is 0 Å². The zero-order valence-electron chi connectivity index (χ0n) is 26.3. The Labute approximate surface area is 283 Å². The first kappa shape index (κ1) is 43.2. The van der Waals surface area contributed by atoms with Gasteiger partial charge in [0.15, 0.2) is 5.96 Å². The SMILES string of the molecule is CC(C)(NC(=O)[C@H](CCCNC(=N)N)NC(=O)[C@H](CCCCN)NC(=O)[C@@H](N)CS)C(=O)N[C@@H](CC(=O)O)C(=O)N[C@@H](CS)C(=O)O. The molecule has 19 nitrogen and oxygen atoms in total. The van der Waals surface area contributed by atoms with Gasteiger partial charge in [-0.15, -0.1) is 0 Å². The number of carbonyl (C=O) groups excluding carboxylic acids is 5. The Kier molecular flexibility index (Phi) is 20.1. The predicted molar refractivity (Wildman–Crippen MR) is 178 cm³/mol. The Morgan fingerprint density at radius 3 is 1.81 bits per heavy atom. The van der Waals surface area contributed by atoms with Crippen molar-refractivity contribution in [1.29, 1.82) is 5.41 Å². The van der Waals surface area contributed by atoms with E-state index >= 15 is 0 Å². The van der Waals surface area contributed by atoms with Crippen LogP contribution >= 0.6 is 25.3 Å². The fourth-order valence-electron chi connectivity index (χ4n) is 3.83. The summed E-state index contributed by atoms with van der Waals surface area (Å²) in [6.07, 6.45) is 0.482. The standard InChI is InChI=1S/C26H48N10O9S2/c1-26(2,24(45)35-16(10-18(37)38)21(41)34-17(12-47)23(43)44)36-22(42)15(7-5-9-31-25(29)30)33-20(40)14(6-3-4-8-27)32-19(39)13(28)11-46/h13-17,46-47H,3-12,27-28H2,1-2H3,(H,32,39)(H,33,40)(H,34,41)(H,35,45)(H,36,42)(H,37,38)(H,43,44)(H4,29,30,31)/t13-,14-,15-,16-,17-/m0/s1. The van der Waals surface area contributed by atoms with E-state index in [4.69, 9.17) is 22.6 Å². The van der Waals surface area contributed by atoms with Gasteiger partial charge in [-0.1, -0.05) is 0 Å². The molecule has 0 bridgehead atoms. The number of unbranched alkanes of at least 4 members (excludes halogenated alkanes) is 1. The highest BCUT2D eigenvalue weighted by Gasteiger charge is 2.37. The van der Waals surface area contributed by atoms with Gasteiger partial charge < -0.3 is 59.3 Å². The van der Waals surface area contributed by atoms with Crippen LogP contribution in [0.4, 0.5) is 0 Å². The van der Waals surface area contributed by atoms with E-state index in [-0.39, 0.29) is 43.3 Å². The molecule has 5 amide bonds. The lowest BCUT2D eigenvalue weighted by Gasteiger charge is -2.30. The summed E-state index contributed by atoms with van der Waals surface area (Å²) in [6.45, 7) is 3.01. The summed E-state index contributed by atoms with van der Waals surface area (Å²) in [4.78, 5) is 87.8. The molecule has 268 valence electrons. The summed E-state index contributed by atoms with van der Waals surface area (Å²) in [5, 5.41) is 40.2. The number of amides is 5. The lowest BCUT2D eigenvalue weighted by Crippen LogP contribution is -2.63. The van der Waals surface area contributed by atoms with Crippen molar-refractivity contribution in [3.8, 4) is 0 Å². The average molecular weight is 709 g/mol. The lowest BCUT2D eigenvalue weighted by atomic mass is 10.0. The molecule has 0 aromatic rings. The molecule has 0 aliphatic carbocycles. The van der Waals surface area contributed by atoms with Crippen LogP contribution in [-0.4, -0.2) is 118 Å². The van der Waals surface area contributed by atoms with Crippen LogP contribution in [0.15, 0.2) is 0 Å². The van der Waals surface area contributed by atoms with Gasteiger partial charge >= 0.3 is 11.9 Å². The second-order valence-corrected chi connectivity index (χ2v) is 11.7. The van der Waals surface area contributed by atoms with Crippen molar-refractivity contribution in [2.24, 2.45) is 17.2 Å². The second kappa shape index (κ2) is 21.9. The molecule has 0 unspecified atom stereocenters. The number of nitrogens with two attached hydrogens (primary N) is 3. The molecule has 0 rings (SSSR count). The molecule has 0 saturated heterocycles. The summed E-state index contributed by atoms with van der Waals surface area (Å²) >= 11 is 7.83. The monoisotopic (exact) mass is 708 g/mol. The highest BCUT2D eigenvalue weighted by atomic mass is 32.1. The summed E-state index contributed by atoms with van der Waals surface area (Å²) < 4.78 is 0. The molecule has 0 heterocycles. The van der Waals surface area contributed by atoms with Crippen LogP contribution in [0.3, 0.4) is 0 Å². The van der Waals surface area contributed by atoms with Gasteiger partial charge in [0.1, 0.15) is 29.7 Å². The van der Waals surface area contributed by atoms with Gasteiger partial charge in [-0.3, -0.25) is 34.2 Å². The van der Waals surface area contributed by atoms with E-state index in [1.54, 1.807) is 0 Å². The van der Waals surface area contributed by atoms with Crippen molar-refractivity contribution in [1.82, 2.24) is 31.9 Å². The first-order valence-electron chi connectivity index (χ1n) is 14.6. The summed E-state index contributed by atoms with van der Waals surface area (Å²) in [5.41, 5.74) is 14.8. The Morgan fingerprint density at radius 2 is 1.30 bits per heavy atom. The van der Waals surface area contributed by atoms with Crippen molar-refractivity contribution in [2.45, 2.75) is 88.1 Å². The van der Waals surface area contributed by atoms with Crippen LogP contribution in [0.5, 0.6) is 0 Å². The second-order valence-electron chi connectivity index (χ2n) is 11.0. The topological polar surface area (TPSA) is 334 Å². The van der Waals surface area contributed by atoms with Gasteiger partial charge in [0.05, 0.1) is 12.5 Å². The van der Waals surface area contributed by atoms with Gasteiger partial charge in [-0.05, 0) is 52.5 Å². The summed E-state index contributed by atoms with van der Waals surface area (Å²) in [5.74, 6) is -7.84. The number of carboxylic acid groups (broad SMARTS) is 2. The van der Waals surface area contributed by atoms with Crippen LogP contribution in [0.1, 0.15) is 52.4 Å². The molecule has 5 atom stereocenters. The quantitative estimate of drug-likeness (QED) is 0.0208. The molecular weight excluding hydrogens is 660 g/mol. The highest BCUT2D eigenvalue weighted by Crippen LogP contribution is 2.09. The summed E-state index contributed by atoms with van der Waals surface area (Å²) in [7, 11) is 0. The van der Waals surface area contributed by atoms with Crippen LogP contribution < -0.4 is 49.1 Å². The number of aliphatic carboxylic acids is 2. The number of carbonyl (C=O) groups is 7. The molecule has 0 fully saturated rings. The molecule has 0 radical (unpaired) electrons. The predicted octanol–water partition coefficient (Wildman–Crippen LogP) is -4.04. The van der Waals surface area contributed by atoms with E-state index in [2.05, 4.69) is 57.2 Å². The van der Waals surface area contributed by atoms with Gasteiger partial charge in [-0.25, -0.2) is 4.79 Å². The van der Waals surface area contributed by atoms with Crippen molar-refractivity contribution in [2.75, 3.05) is 24.6 Å². The van der Waals surface area contributed by atoms with Crippen molar-refractivity contribution >= 4 is 72.7 Å². The van der Waals surface area contributed by atoms with Gasteiger partial charge in [0.2, 0.25) is 29.5 Å². The van der Waals surface area contributed by atoms with Gasteiger partial charge in [-0.2, -0.15) is 25.3 Å². The van der Waals surface area contributed by atoms with E-state index in [0.29, 0.717) is 19.4 Å². The Hall–Kier alpha value is -3.82. The normalized spacial score (nSPS) is 14.3. The van der Waals surface area contributed by atoms with E-state index in [1.165, 1.54) is 13.8 Å². The van der Waals surface area contributed by atoms with Crippen LogP contribution in [0, 0.1) is 5.41 Å². The third-order valence-corrected chi connectivity index (χ3v) is 7.29. The number of hydrogen-bond acceptors (Lipinski definition) is 12. The average Bonchev–Trinajstić information content (AvgIpc) is 2.98. The summed E-state index contributed by atoms with van der Waals surface area (Å²) in [6, 6.07) is -6.55. The Balaban J connectivity index is 6.01. The maximum atomic E-state index is 13.5. The number of guanidine groups is 1. The molecule has 47 heavy (non-hydrogen) atoms. The molecule has 0 aliphatic heterocycles. The third kappa shape index (κ3) is 17.1. The largest absolute Gasteiger partial charge is 0.481 e.